The smallest absolute Gasteiger partial charge is 0.234 e. The molecule has 0 spiro atoms. The molecule has 3 rings (SSSR count). The van der Waals surface area contributed by atoms with Crippen molar-refractivity contribution in [1.29, 1.82) is 0 Å². The van der Waals surface area contributed by atoms with Gasteiger partial charge < -0.3 is 5.32 Å². The molecule has 2 unspecified atom stereocenters. The normalized spacial score (nSPS) is 24.2. The van der Waals surface area contributed by atoms with Crippen molar-refractivity contribution in [2.24, 2.45) is 5.92 Å². The predicted molar refractivity (Wildman–Crippen MR) is 83.0 cm³/mol. The van der Waals surface area contributed by atoms with Crippen LogP contribution in [0, 0.1) is 5.92 Å². The first-order chi connectivity index (χ1) is 9.69. The third-order valence-electron chi connectivity index (χ3n) is 4.66. The Morgan fingerprint density at radius 1 is 1.55 bits per heavy atom. The van der Waals surface area contributed by atoms with Gasteiger partial charge in [0.25, 0.3) is 0 Å². The Morgan fingerprint density at radius 3 is 3.05 bits per heavy atom. The number of nitrogens with zero attached hydrogens (tertiary/aromatic N) is 1. The molecule has 2 aliphatic rings. The lowest BCUT2D eigenvalue weighted by Gasteiger charge is -2.35. The molecule has 1 aliphatic carbocycles. The topological polar surface area (TPSA) is 32.3 Å². The third kappa shape index (κ3) is 2.91. The quantitative estimate of drug-likeness (QED) is 0.905. The first kappa shape index (κ1) is 14.1. The summed E-state index contributed by atoms with van der Waals surface area (Å²) in [6, 6.07) is 3.02. The van der Waals surface area contributed by atoms with E-state index in [1.807, 2.05) is 11.3 Å². The van der Waals surface area contributed by atoms with E-state index in [2.05, 4.69) is 35.5 Å². The van der Waals surface area contributed by atoms with Gasteiger partial charge in [-0.15, -0.1) is 11.3 Å². The fourth-order valence-corrected chi connectivity index (χ4v) is 4.24. The van der Waals surface area contributed by atoms with Crippen molar-refractivity contribution >= 4 is 17.2 Å². The van der Waals surface area contributed by atoms with Crippen LogP contribution in [0.4, 0.5) is 0 Å². The first-order valence-electron chi connectivity index (χ1n) is 7.78. The minimum absolute atomic E-state index is 0.196. The maximum atomic E-state index is 12.2. The Morgan fingerprint density at radius 2 is 2.35 bits per heavy atom. The molecule has 1 fully saturated rings. The molecule has 1 aliphatic heterocycles. The van der Waals surface area contributed by atoms with E-state index in [1.54, 1.807) is 0 Å². The summed E-state index contributed by atoms with van der Waals surface area (Å²) < 4.78 is 0. The van der Waals surface area contributed by atoms with Gasteiger partial charge in [-0.05, 0) is 55.5 Å². The molecule has 1 N–H and O–H groups in total. The highest BCUT2D eigenvalue weighted by atomic mass is 32.1. The van der Waals surface area contributed by atoms with Crippen LogP contribution in [0.2, 0.25) is 0 Å². The summed E-state index contributed by atoms with van der Waals surface area (Å²) in [4.78, 5) is 16.1. The van der Waals surface area contributed by atoms with Gasteiger partial charge in [0, 0.05) is 23.5 Å². The molecule has 0 radical (unpaired) electrons. The summed E-state index contributed by atoms with van der Waals surface area (Å²) in [5, 5.41) is 5.36. The van der Waals surface area contributed by atoms with Gasteiger partial charge in [0.1, 0.15) is 0 Å². The van der Waals surface area contributed by atoms with Gasteiger partial charge in [0.05, 0.1) is 6.54 Å². The molecule has 2 heterocycles. The van der Waals surface area contributed by atoms with Crippen molar-refractivity contribution in [3.63, 3.8) is 0 Å². The van der Waals surface area contributed by atoms with Gasteiger partial charge in [-0.2, -0.15) is 0 Å². The molecule has 1 aromatic heterocycles. The second kappa shape index (κ2) is 5.86. The molecule has 3 nitrogen and oxygen atoms in total. The van der Waals surface area contributed by atoms with Crippen molar-refractivity contribution in [2.45, 2.75) is 51.6 Å². The summed E-state index contributed by atoms with van der Waals surface area (Å²) in [5.41, 5.74) is 1.45. The Labute approximate surface area is 125 Å². The van der Waals surface area contributed by atoms with Crippen LogP contribution in [0.5, 0.6) is 0 Å². The van der Waals surface area contributed by atoms with E-state index < -0.39 is 0 Å². The van der Waals surface area contributed by atoms with E-state index >= 15 is 0 Å². The summed E-state index contributed by atoms with van der Waals surface area (Å²) in [6.45, 7) is 5.91. The number of amides is 1. The molecule has 110 valence electrons. The Bertz CT molecular complexity index is 481. The van der Waals surface area contributed by atoms with Crippen LogP contribution in [0.1, 0.15) is 49.6 Å². The van der Waals surface area contributed by atoms with Gasteiger partial charge in [0.15, 0.2) is 0 Å². The van der Waals surface area contributed by atoms with E-state index in [1.165, 1.54) is 23.3 Å². The highest BCUT2D eigenvalue weighted by molar-refractivity contribution is 7.10. The monoisotopic (exact) mass is 292 g/mol. The van der Waals surface area contributed by atoms with Crippen LogP contribution >= 0.6 is 11.3 Å². The highest BCUT2D eigenvalue weighted by Gasteiger charge is 2.31. The lowest BCUT2D eigenvalue weighted by Crippen LogP contribution is -2.44. The average Bonchev–Trinajstić information content (AvgIpc) is 3.17. The maximum absolute atomic E-state index is 12.2. The van der Waals surface area contributed by atoms with Crippen LogP contribution in [0.3, 0.4) is 0 Å². The Kier molecular flexibility index (Phi) is 4.13. The lowest BCUT2D eigenvalue weighted by molar-refractivity contribution is -0.123. The van der Waals surface area contributed by atoms with E-state index in [0.29, 0.717) is 18.6 Å². The summed E-state index contributed by atoms with van der Waals surface area (Å²) in [7, 11) is 0. The second-order valence-corrected chi connectivity index (χ2v) is 7.14. The van der Waals surface area contributed by atoms with E-state index in [0.717, 1.165) is 25.3 Å². The Hall–Kier alpha value is -0.870. The molecule has 2 atom stereocenters. The van der Waals surface area contributed by atoms with Gasteiger partial charge in [-0.25, -0.2) is 0 Å². The standard InChI is InChI=1S/C16H24N2OS/c1-3-14-13-7-9-20-15(13)6-8-18(14)10-16(19)17-11(2)12-4-5-12/h7,9,11-12,14H,3-6,8,10H2,1-2H3,(H,17,19). The zero-order chi connectivity index (χ0) is 14.1. The van der Waals surface area contributed by atoms with E-state index in [4.69, 9.17) is 0 Å². The van der Waals surface area contributed by atoms with Crippen molar-refractivity contribution in [3.05, 3.63) is 21.9 Å². The fraction of sp³-hybridized carbons (Fsp3) is 0.688. The number of fused-ring (bicyclic) bond motifs is 1. The number of nitrogens with one attached hydrogen (secondary N) is 1. The summed E-state index contributed by atoms with van der Waals surface area (Å²) in [6.07, 6.45) is 4.73. The molecule has 20 heavy (non-hydrogen) atoms. The van der Waals surface area contributed by atoms with Crippen LogP contribution in [0.25, 0.3) is 0 Å². The molecule has 1 saturated carbocycles. The number of carbonyl (C=O) groups excluding carboxylic acids is 1. The van der Waals surface area contributed by atoms with Crippen molar-refractivity contribution < 1.29 is 4.79 Å². The predicted octanol–water partition coefficient (Wildman–Crippen LogP) is 2.97. The molecule has 1 amide bonds. The second-order valence-electron chi connectivity index (χ2n) is 6.14. The molecule has 1 aromatic rings. The van der Waals surface area contributed by atoms with Crippen molar-refractivity contribution in [2.75, 3.05) is 13.1 Å². The maximum Gasteiger partial charge on any atom is 0.234 e. The van der Waals surface area contributed by atoms with Crippen LogP contribution < -0.4 is 5.32 Å². The summed E-state index contributed by atoms with van der Waals surface area (Å²) >= 11 is 1.86. The average molecular weight is 292 g/mol. The minimum Gasteiger partial charge on any atom is -0.352 e. The number of hydrogen-bond donors (Lipinski definition) is 1. The largest absolute Gasteiger partial charge is 0.352 e. The molecular weight excluding hydrogens is 268 g/mol. The zero-order valence-corrected chi connectivity index (χ0v) is 13.2. The van der Waals surface area contributed by atoms with Crippen LogP contribution in [0.15, 0.2) is 11.4 Å². The molecular formula is C16H24N2OS. The van der Waals surface area contributed by atoms with Gasteiger partial charge in [0.2, 0.25) is 5.91 Å². The molecule has 0 bridgehead atoms. The van der Waals surface area contributed by atoms with Crippen LogP contribution in [-0.2, 0) is 11.2 Å². The van der Waals surface area contributed by atoms with Crippen molar-refractivity contribution in [3.8, 4) is 0 Å². The van der Waals surface area contributed by atoms with E-state index in [-0.39, 0.29) is 5.91 Å². The van der Waals surface area contributed by atoms with Gasteiger partial charge in [-0.3, -0.25) is 9.69 Å². The summed E-state index contributed by atoms with van der Waals surface area (Å²) in [5.74, 6) is 0.923. The number of hydrogen-bond acceptors (Lipinski definition) is 3. The Balaban J connectivity index is 1.60. The third-order valence-corrected chi connectivity index (χ3v) is 5.65. The molecule has 0 saturated heterocycles. The minimum atomic E-state index is 0.196. The zero-order valence-electron chi connectivity index (χ0n) is 12.4. The number of thiophene rings is 1. The lowest BCUT2D eigenvalue weighted by atomic mass is 9.98. The highest BCUT2D eigenvalue weighted by Crippen LogP contribution is 2.35. The first-order valence-corrected chi connectivity index (χ1v) is 8.66. The molecule has 4 heteroatoms. The molecule has 0 aromatic carbocycles. The SMILES string of the molecule is CCC1c2ccsc2CCN1CC(=O)NC(C)C1CC1. The van der Waals surface area contributed by atoms with E-state index in [9.17, 15) is 4.79 Å². The van der Waals surface area contributed by atoms with Crippen molar-refractivity contribution in [1.82, 2.24) is 10.2 Å². The van der Waals surface area contributed by atoms with Gasteiger partial charge >= 0.3 is 0 Å². The number of carbonyl (C=O) groups is 1. The van der Waals surface area contributed by atoms with Crippen LogP contribution in [-0.4, -0.2) is 29.9 Å². The van der Waals surface area contributed by atoms with Gasteiger partial charge in [-0.1, -0.05) is 6.92 Å². The number of rotatable bonds is 5. The fourth-order valence-electron chi connectivity index (χ4n) is 3.31.